The number of hydrogen-bond acceptors (Lipinski definition) is 6. The Morgan fingerprint density at radius 3 is 3.05 bits per heavy atom. The molecule has 0 unspecified atom stereocenters. The smallest absolute Gasteiger partial charge is 0.227 e. The molecule has 1 N–H and O–H groups in total. The van der Waals surface area contributed by atoms with Crippen LogP contribution in [-0.4, -0.2) is 35.8 Å². The summed E-state index contributed by atoms with van der Waals surface area (Å²) in [6, 6.07) is 2.03. The lowest BCUT2D eigenvalue weighted by Gasteiger charge is -2.23. The van der Waals surface area contributed by atoms with Gasteiger partial charge in [0, 0.05) is 19.4 Å². The Morgan fingerprint density at radius 2 is 2.25 bits per heavy atom. The van der Waals surface area contributed by atoms with E-state index in [1.807, 2.05) is 11.4 Å². The molecule has 0 bridgehead atoms. The monoisotopic (exact) mass is 293 g/mol. The molecule has 0 amide bonds. The summed E-state index contributed by atoms with van der Waals surface area (Å²) < 4.78 is 11.4. The molecule has 6 heteroatoms. The minimum absolute atomic E-state index is 0.195. The van der Waals surface area contributed by atoms with Crippen LogP contribution >= 0.6 is 11.3 Å². The summed E-state index contributed by atoms with van der Waals surface area (Å²) in [4.78, 5) is 10.0. The number of hydrogen-bond donors (Lipinski definition) is 1. The molecule has 1 saturated heterocycles. The standard InChI is InChI=1S/C14H19N3O2S/c1-2-6-15-14-16-12(11-5-9-20-13(11)17-14)19-10-3-7-18-8-4-10/h5,9-10H,2-4,6-8H2,1H3,(H,15,16,17). The highest BCUT2D eigenvalue weighted by atomic mass is 32.1. The van der Waals surface area contributed by atoms with Gasteiger partial charge in [0.1, 0.15) is 10.9 Å². The number of fused-ring (bicyclic) bond motifs is 1. The molecule has 0 radical (unpaired) electrons. The lowest BCUT2D eigenvalue weighted by molar-refractivity contribution is 0.0244. The Bertz CT molecular complexity index is 567. The maximum atomic E-state index is 6.08. The molecule has 1 aliphatic rings. The van der Waals surface area contributed by atoms with E-state index < -0.39 is 0 Å². The van der Waals surface area contributed by atoms with Crippen LogP contribution in [0.3, 0.4) is 0 Å². The van der Waals surface area contributed by atoms with Gasteiger partial charge in [0.2, 0.25) is 11.8 Å². The van der Waals surface area contributed by atoms with E-state index in [0.29, 0.717) is 11.8 Å². The van der Waals surface area contributed by atoms with Crippen molar-refractivity contribution >= 4 is 27.5 Å². The van der Waals surface area contributed by atoms with Gasteiger partial charge in [-0.15, -0.1) is 11.3 Å². The molecular weight excluding hydrogens is 274 g/mol. The van der Waals surface area contributed by atoms with E-state index in [-0.39, 0.29) is 6.10 Å². The van der Waals surface area contributed by atoms with E-state index in [4.69, 9.17) is 9.47 Å². The van der Waals surface area contributed by atoms with Gasteiger partial charge in [0.25, 0.3) is 0 Å². The minimum Gasteiger partial charge on any atom is -0.474 e. The second kappa shape index (κ2) is 6.37. The van der Waals surface area contributed by atoms with Crippen molar-refractivity contribution in [2.24, 2.45) is 0 Å². The summed E-state index contributed by atoms with van der Waals surface area (Å²) in [5.41, 5.74) is 0. The van der Waals surface area contributed by atoms with Gasteiger partial charge in [-0.1, -0.05) is 6.92 Å². The quantitative estimate of drug-likeness (QED) is 0.918. The Morgan fingerprint density at radius 1 is 1.40 bits per heavy atom. The number of ether oxygens (including phenoxy) is 2. The van der Waals surface area contributed by atoms with Crippen LogP contribution in [0, 0.1) is 0 Å². The van der Waals surface area contributed by atoms with Gasteiger partial charge in [0.05, 0.1) is 18.6 Å². The first-order valence-corrected chi connectivity index (χ1v) is 7.98. The molecular formula is C14H19N3O2S. The number of aromatic nitrogens is 2. The maximum absolute atomic E-state index is 6.08. The van der Waals surface area contributed by atoms with Crippen molar-refractivity contribution in [1.82, 2.24) is 9.97 Å². The fraction of sp³-hybridized carbons (Fsp3) is 0.571. The second-order valence-corrected chi connectivity index (χ2v) is 5.74. The Balaban J connectivity index is 1.84. The summed E-state index contributed by atoms with van der Waals surface area (Å²) in [5, 5.41) is 6.26. The van der Waals surface area contributed by atoms with Crippen LogP contribution in [0.15, 0.2) is 11.4 Å². The zero-order valence-electron chi connectivity index (χ0n) is 11.6. The highest BCUT2D eigenvalue weighted by Gasteiger charge is 2.18. The zero-order valence-corrected chi connectivity index (χ0v) is 12.4. The van der Waals surface area contributed by atoms with Crippen LogP contribution in [0.25, 0.3) is 10.2 Å². The van der Waals surface area contributed by atoms with E-state index in [1.54, 1.807) is 11.3 Å². The van der Waals surface area contributed by atoms with Crippen molar-refractivity contribution in [2.75, 3.05) is 25.1 Å². The zero-order chi connectivity index (χ0) is 13.8. The maximum Gasteiger partial charge on any atom is 0.227 e. The molecule has 108 valence electrons. The third-order valence-electron chi connectivity index (χ3n) is 3.27. The summed E-state index contributed by atoms with van der Waals surface area (Å²) in [6.45, 7) is 4.52. The van der Waals surface area contributed by atoms with Gasteiger partial charge in [0.15, 0.2) is 0 Å². The molecule has 2 aromatic rings. The van der Waals surface area contributed by atoms with Gasteiger partial charge in [-0.3, -0.25) is 0 Å². The van der Waals surface area contributed by atoms with E-state index >= 15 is 0 Å². The average Bonchev–Trinajstić information content (AvgIpc) is 2.95. The summed E-state index contributed by atoms with van der Waals surface area (Å²) in [5.74, 6) is 1.35. The third-order valence-corrected chi connectivity index (χ3v) is 4.08. The van der Waals surface area contributed by atoms with Gasteiger partial charge < -0.3 is 14.8 Å². The van der Waals surface area contributed by atoms with Crippen molar-refractivity contribution in [1.29, 1.82) is 0 Å². The van der Waals surface area contributed by atoms with Crippen molar-refractivity contribution in [3.8, 4) is 5.88 Å². The first-order valence-electron chi connectivity index (χ1n) is 7.10. The molecule has 2 aromatic heterocycles. The Labute approximate surface area is 122 Å². The lowest BCUT2D eigenvalue weighted by Crippen LogP contribution is -2.26. The number of nitrogens with zero attached hydrogens (tertiary/aromatic N) is 2. The highest BCUT2D eigenvalue weighted by Crippen LogP contribution is 2.29. The molecule has 3 heterocycles. The molecule has 5 nitrogen and oxygen atoms in total. The van der Waals surface area contributed by atoms with Gasteiger partial charge in [-0.05, 0) is 17.9 Å². The van der Waals surface area contributed by atoms with E-state index in [9.17, 15) is 0 Å². The van der Waals surface area contributed by atoms with Crippen LogP contribution in [0.2, 0.25) is 0 Å². The van der Waals surface area contributed by atoms with E-state index in [0.717, 1.165) is 49.2 Å². The van der Waals surface area contributed by atoms with Crippen LogP contribution in [0.1, 0.15) is 26.2 Å². The molecule has 20 heavy (non-hydrogen) atoms. The van der Waals surface area contributed by atoms with Crippen LogP contribution < -0.4 is 10.1 Å². The summed E-state index contributed by atoms with van der Waals surface area (Å²) in [6.07, 6.45) is 3.09. The first-order chi connectivity index (χ1) is 9.86. The van der Waals surface area contributed by atoms with Gasteiger partial charge in [-0.25, -0.2) is 4.98 Å². The number of rotatable bonds is 5. The number of thiophene rings is 1. The van der Waals surface area contributed by atoms with Crippen molar-refractivity contribution < 1.29 is 9.47 Å². The van der Waals surface area contributed by atoms with E-state index in [1.165, 1.54) is 0 Å². The minimum atomic E-state index is 0.195. The van der Waals surface area contributed by atoms with Crippen molar-refractivity contribution in [3.05, 3.63) is 11.4 Å². The molecule has 0 spiro atoms. The fourth-order valence-electron chi connectivity index (χ4n) is 2.19. The second-order valence-electron chi connectivity index (χ2n) is 4.85. The Hall–Kier alpha value is -1.40. The van der Waals surface area contributed by atoms with Crippen LogP contribution in [0.4, 0.5) is 5.95 Å². The van der Waals surface area contributed by atoms with Crippen molar-refractivity contribution in [3.63, 3.8) is 0 Å². The number of nitrogens with one attached hydrogen (secondary N) is 1. The molecule has 3 rings (SSSR count). The molecule has 1 fully saturated rings. The SMILES string of the molecule is CCCNc1nc(OC2CCOCC2)c2ccsc2n1. The highest BCUT2D eigenvalue weighted by molar-refractivity contribution is 7.16. The third kappa shape index (κ3) is 3.02. The average molecular weight is 293 g/mol. The molecule has 0 atom stereocenters. The molecule has 0 aliphatic carbocycles. The molecule has 1 aliphatic heterocycles. The van der Waals surface area contributed by atoms with Gasteiger partial charge >= 0.3 is 0 Å². The summed E-state index contributed by atoms with van der Waals surface area (Å²) in [7, 11) is 0. The van der Waals surface area contributed by atoms with Crippen molar-refractivity contribution in [2.45, 2.75) is 32.3 Å². The molecule has 0 aromatic carbocycles. The summed E-state index contributed by atoms with van der Waals surface area (Å²) >= 11 is 1.62. The van der Waals surface area contributed by atoms with Gasteiger partial charge in [-0.2, -0.15) is 4.98 Å². The first kappa shape index (κ1) is 13.6. The molecule has 0 saturated carbocycles. The normalized spacial score (nSPS) is 16.4. The van der Waals surface area contributed by atoms with E-state index in [2.05, 4.69) is 22.2 Å². The van der Waals surface area contributed by atoms with Crippen LogP contribution in [-0.2, 0) is 4.74 Å². The predicted molar refractivity (Wildman–Crippen MR) is 80.7 cm³/mol. The number of anilines is 1. The fourth-order valence-corrected chi connectivity index (χ4v) is 2.94. The topological polar surface area (TPSA) is 56.3 Å². The largest absolute Gasteiger partial charge is 0.474 e. The van der Waals surface area contributed by atoms with Crippen LogP contribution in [0.5, 0.6) is 5.88 Å². The lowest BCUT2D eigenvalue weighted by atomic mass is 10.1. The predicted octanol–water partition coefficient (Wildman–Crippen LogP) is 3.07. The Kier molecular flexibility index (Phi) is 4.32.